The van der Waals surface area contributed by atoms with Crippen LogP contribution in [-0.2, 0) is 14.1 Å². The maximum Gasteiger partial charge on any atom is 0.257 e. The predicted molar refractivity (Wildman–Crippen MR) is 93.5 cm³/mol. The number of nitrogens with zero attached hydrogens (tertiary/aromatic N) is 4. The molecule has 0 N–H and O–H groups in total. The van der Waals surface area contributed by atoms with E-state index < -0.39 is 0 Å². The molecule has 4 heterocycles. The Morgan fingerprint density at radius 3 is 2.62 bits per heavy atom. The van der Waals surface area contributed by atoms with E-state index in [0.717, 1.165) is 33.3 Å². The summed E-state index contributed by atoms with van der Waals surface area (Å²) in [5, 5.41) is 1.10. The number of aryl methyl sites for hydroxylation is 2. The van der Waals surface area contributed by atoms with Crippen LogP contribution >= 0.6 is 0 Å². The zero-order valence-corrected chi connectivity index (χ0v) is 14.1. The van der Waals surface area contributed by atoms with Gasteiger partial charge >= 0.3 is 0 Å². The van der Waals surface area contributed by atoms with Gasteiger partial charge in [0.05, 0.1) is 25.4 Å². The summed E-state index contributed by atoms with van der Waals surface area (Å²) in [4.78, 5) is 9.14. The molecule has 0 saturated carbocycles. The summed E-state index contributed by atoms with van der Waals surface area (Å²) in [5.41, 5.74) is 4.91. The highest BCUT2D eigenvalue weighted by Crippen LogP contribution is 2.36. The fourth-order valence-corrected chi connectivity index (χ4v) is 3.16. The highest BCUT2D eigenvalue weighted by atomic mass is 16.5. The number of aromatic nitrogens is 4. The van der Waals surface area contributed by atoms with Crippen LogP contribution in [0.15, 0.2) is 36.7 Å². The fraction of sp³-hybridized carbons (Fsp3) is 0.222. The maximum atomic E-state index is 5.37. The molecule has 0 saturated heterocycles. The quantitative estimate of drug-likeness (QED) is 0.581. The minimum Gasteiger partial charge on any atom is -0.491 e. The lowest BCUT2D eigenvalue weighted by atomic mass is 10.2. The Balaban J connectivity index is 2.04. The van der Waals surface area contributed by atoms with Crippen LogP contribution < -0.4 is 9.47 Å². The number of hydrogen-bond acceptors (Lipinski definition) is 4. The first kappa shape index (κ1) is 14.6. The molecule has 6 nitrogen and oxygen atoms in total. The van der Waals surface area contributed by atoms with E-state index in [-0.39, 0.29) is 0 Å². The first-order valence-corrected chi connectivity index (χ1v) is 7.63. The van der Waals surface area contributed by atoms with Crippen LogP contribution in [0.3, 0.4) is 0 Å². The smallest absolute Gasteiger partial charge is 0.257 e. The molecule has 0 aliphatic heterocycles. The molecule has 0 amide bonds. The van der Waals surface area contributed by atoms with Gasteiger partial charge in [-0.25, -0.2) is 9.97 Å². The average Bonchev–Trinajstić information content (AvgIpc) is 3.11. The van der Waals surface area contributed by atoms with Gasteiger partial charge in [0.1, 0.15) is 11.2 Å². The Hall–Kier alpha value is -3.02. The molecule has 0 unspecified atom stereocenters. The SMILES string of the molecule is COc1cc2c(nc1OC)c(-c1cc3cccnc3n1C)cn2C. The van der Waals surface area contributed by atoms with E-state index in [1.807, 2.05) is 30.8 Å². The van der Waals surface area contributed by atoms with Crippen molar-refractivity contribution in [3.8, 4) is 22.9 Å². The van der Waals surface area contributed by atoms with E-state index in [0.29, 0.717) is 11.6 Å². The summed E-state index contributed by atoms with van der Waals surface area (Å²) >= 11 is 0. The lowest BCUT2D eigenvalue weighted by molar-refractivity contribution is 0.344. The normalized spacial score (nSPS) is 11.3. The molecule has 0 bridgehead atoms. The summed E-state index contributed by atoms with van der Waals surface area (Å²) in [6.07, 6.45) is 3.88. The lowest BCUT2D eigenvalue weighted by Crippen LogP contribution is -1.95. The number of methoxy groups -OCH3 is 2. The molecule has 0 aromatic carbocycles. The maximum absolute atomic E-state index is 5.37. The third-order valence-electron chi connectivity index (χ3n) is 4.37. The first-order valence-electron chi connectivity index (χ1n) is 7.63. The third-order valence-corrected chi connectivity index (χ3v) is 4.37. The molecule has 0 aliphatic carbocycles. The van der Waals surface area contributed by atoms with E-state index in [1.54, 1.807) is 20.4 Å². The topological polar surface area (TPSA) is 54.1 Å². The molecule has 0 atom stereocenters. The van der Waals surface area contributed by atoms with Crippen LogP contribution in [0.25, 0.3) is 33.3 Å². The Morgan fingerprint density at radius 1 is 1.08 bits per heavy atom. The highest BCUT2D eigenvalue weighted by Gasteiger charge is 2.18. The van der Waals surface area contributed by atoms with Gasteiger partial charge in [0.2, 0.25) is 0 Å². The third kappa shape index (κ3) is 1.96. The van der Waals surface area contributed by atoms with Crippen molar-refractivity contribution in [2.75, 3.05) is 14.2 Å². The van der Waals surface area contributed by atoms with Gasteiger partial charge in [0.15, 0.2) is 5.75 Å². The number of ether oxygens (including phenoxy) is 2. The zero-order valence-electron chi connectivity index (χ0n) is 14.1. The van der Waals surface area contributed by atoms with Crippen molar-refractivity contribution in [1.29, 1.82) is 0 Å². The first-order chi connectivity index (χ1) is 11.6. The molecule has 0 aliphatic rings. The van der Waals surface area contributed by atoms with Crippen molar-refractivity contribution < 1.29 is 9.47 Å². The summed E-state index contributed by atoms with van der Waals surface area (Å²) in [6, 6.07) is 8.09. The summed E-state index contributed by atoms with van der Waals surface area (Å²) < 4.78 is 14.9. The zero-order chi connectivity index (χ0) is 16.8. The molecular formula is C18H18N4O2. The van der Waals surface area contributed by atoms with Gasteiger partial charge in [-0.1, -0.05) is 0 Å². The van der Waals surface area contributed by atoms with Crippen LogP contribution in [0.4, 0.5) is 0 Å². The van der Waals surface area contributed by atoms with Gasteiger partial charge in [0.25, 0.3) is 5.88 Å². The Morgan fingerprint density at radius 2 is 1.92 bits per heavy atom. The second-order valence-electron chi connectivity index (χ2n) is 5.73. The Kier molecular flexibility index (Phi) is 3.19. The van der Waals surface area contributed by atoms with E-state index in [2.05, 4.69) is 32.9 Å². The van der Waals surface area contributed by atoms with Gasteiger partial charge in [0, 0.05) is 43.5 Å². The number of hydrogen-bond donors (Lipinski definition) is 0. The lowest BCUT2D eigenvalue weighted by Gasteiger charge is -2.07. The van der Waals surface area contributed by atoms with E-state index in [1.165, 1.54) is 0 Å². The molecular weight excluding hydrogens is 304 g/mol. The van der Waals surface area contributed by atoms with Gasteiger partial charge in [-0.2, -0.15) is 0 Å². The largest absolute Gasteiger partial charge is 0.491 e. The summed E-state index contributed by atoms with van der Waals surface area (Å²) in [6.45, 7) is 0. The fourth-order valence-electron chi connectivity index (χ4n) is 3.16. The minimum atomic E-state index is 0.481. The van der Waals surface area contributed by atoms with E-state index >= 15 is 0 Å². The van der Waals surface area contributed by atoms with Crippen LogP contribution in [-0.4, -0.2) is 33.3 Å². The van der Waals surface area contributed by atoms with Gasteiger partial charge < -0.3 is 18.6 Å². The van der Waals surface area contributed by atoms with E-state index in [4.69, 9.17) is 9.47 Å². The van der Waals surface area contributed by atoms with Crippen molar-refractivity contribution in [3.63, 3.8) is 0 Å². The molecule has 4 aromatic heterocycles. The van der Waals surface area contributed by atoms with Crippen molar-refractivity contribution in [2.24, 2.45) is 14.1 Å². The Labute approximate surface area is 139 Å². The second-order valence-corrected chi connectivity index (χ2v) is 5.73. The number of pyridine rings is 2. The molecule has 6 heteroatoms. The van der Waals surface area contributed by atoms with E-state index in [9.17, 15) is 0 Å². The molecule has 24 heavy (non-hydrogen) atoms. The standard InChI is InChI=1S/C18H18N4O2/c1-21-10-12(13-8-11-6-5-7-19-17(11)22(13)2)16-14(21)9-15(23-3)18(20-16)24-4/h5-10H,1-4H3. The number of rotatable bonds is 3. The average molecular weight is 322 g/mol. The molecule has 4 aromatic rings. The predicted octanol–water partition coefficient (Wildman–Crippen LogP) is 3.14. The van der Waals surface area contributed by atoms with Crippen molar-refractivity contribution >= 4 is 22.1 Å². The molecule has 0 spiro atoms. The molecule has 0 radical (unpaired) electrons. The van der Waals surface area contributed by atoms with Crippen LogP contribution in [0.1, 0.15) is 0 Å². The van der Waals surface area contributed by atoms with Crippen molar-refractivity contribution in [1.82, 2.24) is 19.1 Å². The number of fused-ring (bicyclic) bond motifs is 2. The molecule has 122 valence electrons. The van der Waals surface area contributed by atoms with Gasteiger partial charge in [-0.15, -0.1) is 0 Å². The van der Waals surface area contributed by atoms with Crippen LogP contribution in [0.5, 0.6) is 11.6 Å². The van der Waals surface area contributed by atoms with Crippen molar-refractivity contribution in [3.05, 3.63) is 36.7 Å². The van der Waals surface area contributed by atoms with Gasteiger partial charge in [-0.3, -0.25) is 0 Å². The Bertz CT molecular complexity index is 1060. The van der Waals surface area contributed by atoms with Gasteiger partial charge in [-0.05, 0) is 18.2 Å². The monoisotopic (exact) mass is 322 g/mol. The highest BCUT2D eigenvalue weighted by molar-refractivity contribution is 5.96. The van der Waals surface area contributed by atoms with Crippen molar-refractivity contribution in [2.45, 2.75) is 0 Å². The molecule has 0 fully saturated rings. The van der Waals surface area contributed by atoms with Crippen LogP contribution in [0.2, 0.25) is 0 Å². The minimum absolute atomic E-state index is 0.481. The summed E-state index contributed by atoms with van der Waals surface area (Å²) in [7, 11) is 7.23. The van der Waals surface area contributed by atoms with Crippen LogP contribution in [0, 0.1) is 0 Å². The summed E-state index contributed by atoms with van der Waals surface area (Å²) in [5.74, 6) is 1.10. The second kappa shape index (κ2) is 5.26. The molecule has 4 rings (SSSR count).